The molecule has 0 heterocycles. The maximum atomic E-state index is 12.4. The predicted octanol–water partition coefficient (Wildman–Crippen LogP) is 23.0. The Morgan fingerprint density at radius 1 is 0.259 bits per heavy atom. The van der Waals surface area contributed by atoms with Gasteiger partial charge in [0.25, 0.3) is 0 Å². The van der Waals surface area contributed by atoms with Crippen molar-refractivity contribution in [3.8, 4) is 0 Å². The van der Waals surface area contributed by atoms with Crippen molar-refractivity contribution in [1.29, 1.82) is 0 Å². The first kappa shape index (κ1) is 98.0. The van der Waals surface area contributed by atoms with Crippen LogP contribution < -0.4 is 19.6 Å². The molecule has 0 bridgehead atoms. The van der Waals surface area contributed by atoms with Crippen LogP contribution in [0.4, 0.5) is 0 Å². The third-order valence-electron chi connectivity index (χ3n) is 16.1. The summed E-state index contributed by atoms with van der Waals surface area (Å²) in [6.45, 7) is 37.4. The van der Waals surface area contributed by atoms with Crippen LogP contribution in [0.15, 0.2) is 0 Å². The molecule has 0 radical (unpaired) electrons. The molecule has 12 unspecified atom stereocenters. The summed E-state index contributed by atoms with van der Waals surface area (Å²) in [7, 11) is 0. The van der Waals surface area contributed by atoms with Gasteiger partial charge in [-0.15, -0.1) is 45.5 Å². The summed E-state index contributed by atoms with van der Waals surface area (Å²) in [5, 5.41) is 0. The zero-order valence-corrected chi connectivity index (χ0v) is 69.7. The van der Waals surface area contributed by atoms with E-state index < -0.39 is 22.8 Å². The van der Waals surface area contributed by atoms with Gasteiger partial charge in [-0.25, -0.2) is 0 Å². The summed E-state index contributed by atoms with van der Waals surface area (Å²) in [6, 6.07) is 0. The monoisotopic (exact) mass is 1510 g/mol. The number of rotatable bonds is 56. The summed E-state index contributed by atoms with van der Waals surface area (Å²) in [6.07, 6.45) is 37.8. The van der Waals surface area contributed by atoms with Gasteiger partial charge in [0.1, 0.15) is 0 Å². The Bertz CT molecular complexity index is 1290. The van der Waals surface area contributed by atoms with E-state index in [4.69, 9.17) is 65.3 Å². The van der Waals surface area contributed by atoms with Crippen molar-refractivity contribution in [3.63, 3.8) is 0 Å². The van der Waals surface area contributed by atoms with Gasteiger partial charge in [0.2, 0.25) is 0 Å². The Labute approximate surface area is 581 Å². The van der Waals surface area contributed by atoms with Gasteiger partial charge in [-0.3, -0.25) is 0 Å². The van der Waals surface area contributed by atoms with Crippen LogP contribution in [-0.4, -0.2) is 49.4 Å². The van der Waals surface area contributed by atoms with Crippen molar-refractivity contribution in [2.24, 2.45) is 47.3 Å². The van der Waals surface area contributed by atoms with Crippen LogP contribution >= 0.6 is 68.3 Å². The van der Waals surface area contributed by atoms with E-state index in [-0.39, 0.29) is 21.1 Å². The van der Waals surface area contributed by atoms with Gasteiger partial charge in [0.15, 0.2) is 0 Å². The normalized spacial score (nSPS) is 17.2. The molecule has 8 nitrogen and oxygen atoms in total. The maximum absolute atomic E-state index is 12.4. The van der Waals surface area contributed by atoms with Crippen LogP contribution in [0.3, 0.4) is 0 Å². The molecular weight excluding hydrogens is 1370 g/mol. The van der Waals surface area contributed by atoms with E-state index >= 15 is 0 Å². The number of hydrogen-bond acceptors (Lipinski definition) is 16. The second-order valence-corrected chi connectivity index (χ2v) is 47.9. The van der Waals surface area contributed by atoms with Gasteiger partial charge in [-0.05, 0) is 98.7 Å². The Balaban J connectivity index is -0.000000333. The minimum Gasteiger partial charge on any atom is -0.793 e. The fraction of sp³-hybridized carbons (Fsp3) is 1.00. The molecule has 0 saturated carbocycles. The smallest absolute Gasteiger partial charge is 0.793 e. The van der Waals surface area contributed by atoms with Crippen LogP contribution in [0.2, 0.25) is 0 Å². The van der Waals surface area contributed by atoms with Crippen molar-refractivity contribution in [2.75, 3.05) is 49.4 Å². The molecule has 0 rings (SSSR count). The van der Waals surface area contributed by atoms with Gasteiger partial charge in [0, 0.05) is 45.8 Å². The first-order valence-electron chi connectivity index (χ1n) is 34.3. The van der Waals surface area contributed by atoms with Gasteiger partial charge in [-0.2, -0.15) is 0 Å². The van der Waals surface area contributed by atoms with Crippen LogP contribution in [0.1, 0.15) is 316 Å². The summed E-state index contributed by atoms with van der Waals surface area (Å²) in [5.41, 5.74) is -11.6. The predicted molar refractivity (Wildman–Crippen MR) is 397 cm³/mol. The van der Waals surface area contributed by atoms with Crippen molar-refractivity contribution in [3.05, 3.63) is 0 Å². The zero-order valence-electron chi connectivity index (χ0n) is 57.6. The molecule has 0 aromatic rings. The zero-order chi connectivity index (χ0) is 64.6. The third-order valence-corrected chi connectivity index (χ3v) is 33.6. The maximum Gasteiger partial charge on any atom is 4.00 e. The number of hydrogen-bond donors (Lipinski definition) is 0. The second-order valence-electron chi connectivity index (χ2n) is 23.5. The molecule has 514 valence electrons. The fourth-order valence-electron chi connectivity index (χ4n) is 8.91. The van der Waals surface area contributed by atoms with Crippen LogP contribution in [0.25, 0.3) is 0 Å². The van der Waals surface area contributed by atoms with Gasteiger partial charge in [0.05, 0.1) is 26.4 Å². The third kappa shape index (κ3) is 65.4. The van der Waals surface area contributed by atoms with Gasteiger partial charge < -0.3 is 37.7 Å². The fourth-order valence-corrected chi connectivity index (χ4v) is 23.2. The summed E-state index contributed by atoms with van der Waals surface area (Å²) >= 11 is 26.3. The van der Waals surface area contributed by atoms with Crippen molar-refractivity contribution in [1.82, 2.24) is 0 Å². The molecule has 0 fully saturated rings. The average molecular weight is 1510 g/mol. The summed E-state index contributed by atoms with van der Waals surface area (Å²) in [4.78, 5) is 49.4. The van der Waals surface area contributed by atoms with E-state index in [2.05, 4.69) is 111 Å². The van der Waals surface area contributed by atoms with Crippen LogP contribution in [0, 0.1) is 47.3 Å². The SMILES string of the molecule is CCCCC(CC)COP([O-])(=S)SCC(CC)CCCC.CCCCC(CC)COP([O-])(=S)SCC(CC)CCCC.CCCCC(CC)COP([O-])(=S)SCC(CC)CCCC.CCCCC(CC)COP([O-])(=S)SCC(CC)CCCC.[Mo+4]. The molecule has 0 spiro atoms. The molecule has 0 N–H and O–H groups in total. The van der Waals surface area contributed by atoms with Crippen LogP contribution in [0.5, 0.6) is 0 Å². The topological polar surface area (TPSA) is 129 Å². The standard InChI is InChI=1S/4C16H35O2PS2.Mo/c4*1-5-9-11-15(7-3)13-18-19(17,20)21-14-16(8-4)12-10-6-2;/h4*15-16H,5-14H2,1-4H3,(H,17,20);/q;;;;+4/p-4. The van der Waals surface area contributed by atoms with Crippen molar-refractivity contribution in [2.45, 2.75) is 316 Å². The van der Waals surface area contributed by atoms with Gasteiger partial charge >= 0.3 is 21.1 Å². The van der Waals surface area contributed by atoms with E-state index in [1.165, 1.54) is 174 Å². The summed E-state index contributed by atoms with van der Waals surface area (Å²) < 4.78 is 22.4. The van der Waals surface area contributed by atoms with E-state index in [1.807, 2.05) is 0 Å². The first-order chi connectivity index (χ1) is 39.9. The van der Waals surface area contributed by atoms with E-state index in [0.29, 0.717) is 73.8 Å². The average Bonchev–Trinajstić information content (AvgIpc) is 3.55. The Hall–Kier alpha value is 4.37. The molecule has 0 aliphatic heterocycles. The molecular formula is C64H136MoO8P4S8. The molecule has 0 aliphatic carbocycles. The molecule has 12 atom stereocenters. The molecule has 85 heavy (non-hydrogen) atoms. The Kier molecular flexibility index (Phi) is 77.2. The Morgan fingerprint density at radius 3 is 0.506 bits per heavy atom. The molecule has 0 amide bonds. The molecule has 0 aliphatic rings. The van der Waals surface area contributed by atoms with Crippen molar-refractivity contribution < 1.29 is 58.7 Å². The first-order valence-corrected chi connectivity index (χ1v) is 51.3. The van der Waals surface area contributed by atoms with E-state index in [9.17, 15) is 19.6 Å². The quantitative estimate of drug-likeness (QED) is 0.0423. The van der Waals surface area contributed by atoms with Gasteiger partial charge in [-0.1, -0.05) is 312 Å². The van der Waals surface area contributed by atoms with E-state index in [1.54, 1.807) is 0 Å². The summed E-state index contributed by atoms with van der Waals surface area (Å²) in [5.74, 6) is 8.01. The minimum atomic E-state index is -2.89. The Morgan fingerprint density at radius 2 is 0.388 bits per heavy atom. The number of unbranched alkanes of at least 4 members (excludes halogenated alkanes) is 8. The largest absolute Gasteiger partial charge is 4.00 e. The van der Waals surface area contributed by atoms with E-state index in [0.717, 1.165) is 100 Å². The molecule has 0 aromatic carbocycles. The molecule has 0 aromatic heterocycles. The molecule has 0 saturated heterocycles. The molecule has 21 heteroatoms. The van der Waals surface area contributed by atoms with Crippen molar-refractivity contribution >= 4 is 116 Å². The second kappa shape index (κ2) is 67.0. The van der Waals surface area contributed by atoms with Crippen LogP contribution in [-0.2, 0) is 86.4 Å². The minimum absolute atomic E-state index is 0.